The molecule has 138 valence electrons. The lowest BCUT2D eigenvalue weighted by atomic mass is 10.1. The lowest BCUT2D eigenvalue weighted by molar-refractivity contribution is 0.0697. The smallest absolute Gasteiger partial charge is 0.335 e. The molecule has 26 heavy (non-hydrogen) atoms. The van der Waals surface area contributed by atoms with E-state index in [1.54, 1.807) is 12.1 Å². The minimum Gasteiger partial charge on any atom is -0.478 e. The van der Waals surface area contributed by atoms with Gasteiger partial charge in [-0.25, -0.2) is 4.79 Å². The molecular weight excluding hydrogens is 326 g/mol. The average molecular weight is 353 g/mol. The number of carboxylic acids is 1. The molecule has 1 N–H and O–H groups in total. The molecular formula is C21H27N3O2. The Labute approximate surface area is 155 Å². The molecule has 0 radical (unpaired) electrons. The Kier molecular flexibility index (Phi) is 6.26. The average Bonchev–Trinajstić information content (AvgIpc) is 2.68. The Morgan fingerprint density at radius 1 is 1.00 bits per heavy atom. The quantitative estimate of drug-likeness (QED) is 0.829. The highest BCUT2D eigenvalue weighted by Gasteiger charge is 2.17. The molecule has 5 heteroatoms. The van der Waals surface area contributed by atoms with Crippen molar-refractivity contribution in [3.63, 3.8) is 0 Å². The van der Waals surface area contributed by atoms with Gasteiger partial charge >= 0.3 is 5.97 Å². The van der Waals surface area contributed by atoms with Gasteiger partial charge in [0, 0.05) is 51.5 Å². The number of carboxylic acid groups (broad SMARTS) is 1. The Morgan fingerprint density at radius 3 is 2.27 bits per heavy atom. The van der Waals surface area contributed by atoms with E-state index in [0.29, 0.717) is 5.56 Å². The second-order valence-electron chi connectivity index (χ2n) is 6.90. The number of nitrogens with zero attached hydrogens (tertiary/aromatic N) is 3. The third-order valence-electron chi connectivity index (χ3n) is 4.94. The van der Waals surface area contributed by atoms with E-state index in [-0.39, 0.29) is 0 Å². The number of anilines is 1. The third-order valence-corrected chi connectivity index (χ3v) is 4.94. The van der Waals surface area contributed by atoms with Crippen molar-refractivity contribution in [3.05, 3.63) is 65.7 Å². The Bertz CT molecular complexity index is 695. The normalized spacial score (nSPS) is 15.4. The maximum absolute atomic E-state index is 10.9. The van der Waals surface area contributed by atoms with E-state index in [4.69, 9.17) is 5.11 Å². The van der Waals surface area contributed by atoms with Crippen molar-refractivity contribution in [3.8, 4) is 0 Å². The molecule has 0 amide bonds. The third kappa shape index (κ3) is 5.07. The molecule has 0 aliphatic carbocycles. The van der Waals surface area contributed by atoms with Crippen LogP contribution >= 0.6 is 0 Å². The van der Waals surface area contributed by atoms with Crippen LogP contribution in [0.25, 0.3) is 0 Å². The van der Waals surface area contributed by atoms with E-state index < -0.39 is 5.97 Å². The molecule has 1 aliphatic rings. The van der Waals surface area contributed by atoms with E-state index >= 15 is 0 Å². The van der Waals surface area contributed by atoms with Gasteiger partial charge in [0.2, 0.25) is 0 Å². The molecule has 0 aromatic heterocycles. The van der Waals surface area contributed by atoms with E-state index in [1.807, 2.05) is 12.1 Å². The van der Waals surface area contributed by atoms with Crippen LogP contribution in [0.5, 0.6) is 0 Å². The maximum atomic E-state index is 10.9. The molecule has 1 saturated heterocycles. The van der Waals surface area contributed by atoms with Gasteiger partial charge in [-0.15, -0.1) is 0 Å². The second-order valence-corrected chi connectivity index (χ2v) is 6.90. The molecule has 2 aromatic rings. The number of para-hydroxylation sites is 1. The van der Waals surface area contributed by atoms with Crippen molar-refractivity contribution in [1.82, 2.24) is 9.80 Å². The lowest BCUT2D eigenvalue weighted by Gasteiger charge is -2.36. The number of likely N-dealkylation sites (N-methyl/N-ethyl adjacent to an activating group) is 1. The van der Waals surface area contributed by atoms with Gasteiger partial charge in [-0.1, -0.05) is 30.3 Å². The van der Waals surface area contributed by atoms with Crippen LogP contribution < -0.4 is 4.90 Å². The minimum atomic E-state index is -0.875. The van der Waals surface area contributed by atoms with E-state index in [1.165, 1.54) is 5.69 Å². The van der Waals surface area contributed by atoms with Gasteiger partial charge in [0.1, 0.15) is 0 Å². The molecule has 0 saturated carbocycles. The molecule has 1 fully saturated rings. The largest absolute Gasteiger partial charge is 0.478 e. The molecule has 0 bridgehead atoms. The molecule has 2 aromatic carbocycles. The van der Waals surface area contributed by atoms with E-state index in [9.17, 15) is 4.79 Å². The lowest BCUT2D eigenvalue weighted by Crippen LogP contribution is -2.48. The fraction of sp³-hybridized carbons (Fsp3) is 0.381. The van der Waals surface area contributed by atoms with Crippen molar-refractivity contribution >= 4 is 11.7 Å². The topological polar surface area (TPSA) is 47.0 Å². The summed E-state index contributed by atoms with van der Waals surface area (Å²) < 4.78 is 0. The predicted octanol–water partition coefficient (Wildman–Crippen LogP) is 2.64. The Balaban J connectivity index is 1.40. The predicted molar refractivity (Wildman–Crippen MR) is 105 cm³/mol. The fourth-order valence-electron chi connectivity index (χ4n) is 3.32. The molecule has 3 rings (SSSR count). The summed E-state index contributed by atoms with van der Waals surface area (Å²) in [7, 11) is 2.12. The Hall–Kier alpha value is -2.37. The highest BCUT2D eigenvalue weighted by atomic mass is 16.4. The first-order valence-corrected chi connectivity index (χ1v) is 9.15. The summed E-state index contributed by atoms with van der Waals surface area (Å²) in [4.78, 5) is 18.2. The summed E-state index contributed by atoms with van der Waals surface area (Å²) in [6, 6.07) is 17.8. The number of benzene rings is 2. The van der Waals surface area contributed by atoms with Crippen LogP contribution in [0.3, 0.4) is 0 Å². The zero-order valence-corrected chi connectivity index (χ0v) is 15.3. The SMILES string of the molecule is CN(CCN1CCN(c2ccccc2)CC1)Cc1ccc(C(=O)O)cc1. The second kappa shape index (κ2) is 8.83. The van der Waals surface area contributed by atoms with Crippen molar-refractivity contribution in [2.75, 3.05) is 51.2 Å². The van der Waals surface area contributed by atoms with Crippen molar-refractivity contribution < 1.29 is 9.90 Å². The first-order chi connectivity index (χ1) is 12.6. The molecule has 5 nitrogen and oxygen atoms in total. The summed E-state index contributed by atoms with van der Waals surface area (Å²) in [5.41, 5.74) is 2.80. The van der Waals surface area contributed by atoms with Crippen LogP contribution in [0.15, 0.2) is 54.6 Å². The summed E-state index contributed by atoms with van der Waals surface area (Å²) in [6.45, 7) is 7.24. The van der Waals surface area contributed by atoms with Gasteiger partial charge in [-0.05, 0) is 36.9 Å². The van der Waals surface area contributed by atoms with Gasteiger partial charge in [-0.3, -0.25) is 4.90 Å². The van der Waals surface area contributed by atoms with Crippen molar-refractivity contribution in [1.29, 1.82) is 0 Å². The molecule has 0 atom stereocenters. The van der Waals surface area contributed by atoms with Crippen LogP contribution in [0.1, 0.15) is 15.9 Å². The number of rotatable bonds is 7. The Morgan fingerprint density at radius 2 is 1.65 bits per heavy atom. The van der Waals surface area contributed by atoms with E-state index in [0.717, 1.165) is 51.4 Å². The molecule has 1 heterocycles. The summed E-state index contributed by atoms with van der Waals surface area (Å²) in [6.07, 6.45) is 0. The number of carbonyl (C=O) groups is 1. The highest BCUT2D eigenvalue weighted by Crippen LogP contribution is 2.15. The number of piperazine rings is 1. The first kappa shape index (κ1) is 18.4. The first-order valence-electron chi connectivity index (χ1n) is 9.15. The van der Waals surface area contributed by atoms with Crippen LogP contribution in [0, 0.1) is 0 Å². The van der Waals surface area contributed by atoms with Crippen molar-refractivity contribution in [2.24, 2.45) is 0 Å². The maximum Gasteiger partial charge on any atom is 0.335 e. The summed E-state index contributed by atoms with van der Waals surface area (Å²) in [5, 5.41) is 8.96. The van der Waals surface area contributed by atoms with Gasteiger partial charge in [0.05, 0.1) is 5.56 Å². The van der Waals surface area contributed by atoms with Gasteiger partial charge in [-0.2, -0.15) is 0 Å². The highest BCUT2D eigenvalue weighted by molar-refractivity contribution is 5.87. The zero-order chi connectivity index (χ0) is 18.4. The standard InChI is InChI=1S/C21H27N3O2/c1-22(17-18-7-9-19(10-8-18)21(25)26)11-12-23-13-15-24(16-14-23)20-5-3-2-4-6-20/h2-10H,11-17H2,1H3,(H,25,26). The summed E-state index contributed by atoms with van der Waals surface area (Å²) >= 11 is 0. The molecule has 0 unspecified atom stereocenters. The van der Waals surface area contributed by atoms with Crippen LogP contribution in [-0.4, -0.2) is 67.2 Å². The van der Waals surface area contributed by atoms with Crippen LogP contribution in [0.4, 0.5) is 5.69 Å². The van der Waals surface area contributed by atoms with Crippen molar-refractivity contribution in [2.45, 2.75) is 6.54 Å². The minimum absolute atomic E-state index is 0.340. The van der Waals surface area contributed by atoms with Gasteiger partial charge < -0.3 is 14.9 Å². The fourth-order valence-corrected chi connectivity index (χ4v) is 3.32. The number of hydrogen-bond donors (Lipinski definition) is 1. The van der Waals surface area contributed by atoms with Crippen LogP contribution in [-0.2, 0) is 6.54 Å². The monoisotopic (exact) mass is 353 g/mol. The van der Waals surface area contributed by atoms with Gasteiger partial charge in [0.25, 0.3) is 0 Å². The van der Waals surface area contributed by atoms with Crippen LogP contribution in [0.2, 0.25) is 0 Å². The van der Waals surface area contributed by atoms with E-state index in [2.05, 4.69) is 52.1 Å². The zero-order valence-electron chi connectivity index (χ0n) is 15.3. The molecule has 0 spiro atoms. The summed E-state index contributed by atoms with van der Waals surface area (Å²) in [5.74, 6) is -0.875. The molecule has 1 aliphatic heterocycles. The number of aromatic carboxylic acids is 1. The van der Waals surface area contributed by atoms with Gasteiger partial charge in [0.15, 0.2) is 0 Å². The number of hydrogen-bond acceptors (Lipinski definition) is 4.